The third-order valence-electron chi connectivity index (χ3n) is 3.83. The van der Waals surface area contributed by atoms with Gasteiger partial charge in [0.2, 0.25) is 5.89 Å². The standard InChI is InChI=1S/C21H17N3O4/c1-14-4-3-5-16(10-14)20-24-23-19(28-20)13-27-21(25)17(12-22)11-15-6-8-18(26-2)9-7-15/h3-11H,13H2,1-2H3/b17-11+. The van der Waals surface area contributed by atoms with Crippen LogP contribution in [-0.4, -0.2) is 23.3 Å². The summed E-state index contributed by atoms with van der Waals surface area (Å²) in [6.45, 7) is 1.74. The van der Waals surface area contributed by atoms with Crippen molar-refractivity contribution in [2.75, 3.05) is 7.11 Å². The molecule has 0 fully saturated rings. The highest BCUT2D eigenvalue weighted by molar-refractivity contribution is 5.97. The van der Waals surface area contributed by atoms with E-state index in [0.717, 1.165) is 11.1 Å². The summed E-state index contributed by atoms with van der Waals surface area (Å²) in [5, 5.41) is 17.1. The topological polar surface area (TPSA) is 98.2 Å². The third-order valence-corrected chi connectivity index (χ3v) is 3.83. The SMILES string of the molecule is COc1ccc(/C=C(\C#N)C(=O)OCc2nnc(-c3cccc(C)c3)o2)cc1. The summed E-state index contributed by atoms with van der Waals surface area (Å²) in [6.07, 6.45) is 1.44. The number of benzene rings is 2. The molecule has 0 saturated heterocycles. The van der Waals surface area contributed by atoms with Crippen molar-refractivity contribution >= 4 is 12.0 Å². The zero-order valence-electron chi connectivity index (χ0n) is 15.4. The number of carbonyl (C=O) groups is 1. The summed E-state index contributed by atoms with van der Waals surface area (Å²) in [7, 11) is 1.56. The predicted molar refractivity (Wildman–Crippen MR) is 101 cm³/mol. The van der Waals surface area contributed by atoms with Crippen LogP contribution in [-0.2, 0) is 16.1 Å². The van der Waals surface area contributed by atoms with Crippen LogP contribution < -0.4 is 4.74 Å². The molecule has 3 aromatic rings. The highest BCUT2D eigenvalue weighted by atomic mass is 16.5. The van der Waals surface area contributed by atoms with Crippen molar-refractivity contribution in [1.82, 2.24) is 10.2 Å². The molecule has 0 spiro atoms. The molecular formula is C21H17N3O4. The Hall–Kier alpha value is -3.92. The molecule has 0 saturated carbocycles. The summed E-state index contributed by atoms with van der Waals surface area (Å²) in [5.41, 5.74) is 2.38. The Kier molecular flexibility index (Phi) is 5.82. The van der Waals surface area contributed by atoms with Gasteiger partial charge in [0, 0.05) is 5.56 Å². The van der Waals surface area contributed by atoms with Crippen LogP contribution >= 0.6 is 0 Å². The molecule has 0 amide bonds. The Bertz CT molecular complexity index is 1050. The molecule has 0 aliphatic heterocycles. The third kappa shape index (κ3) is 4.62. The largest absolute Gasteiger partial charge is 0.497 e. The summed E-state index contributed by atoms with van der Waals surface area (Å²) in [5.74, 6) is 0.392. The molecule has 7 nitrogen and oxygen atoms in total. The van der Waals surface area contributed by atoms with Crippen molar-refractivity contribution in [2.24, 2.45) is 0 Å². The normalized spacial score (nSPS) is 11.0. The summed E-state index contributed by atoms with van der Waals surface area (Å²) < 4.78 is 15.7. The molecule has 0 radical (unpaired) electrons. The van der Waals surface area contributed by atoms with E-state index in [2.05, 4.69) is 10.2 Å². The van der Waals surface area contributed by atoms with Crippen LogP contribution in [0.2, 0.25) is 0 Å². The van der Waals surface area contributed by atoms with Crippen LogP contribution in [0.25, 0.3) is 17.5 Å². The molecule has 0 aliphatic carbocycles. The van der Waals surface area contributed by atoms with Gasteiger partial charge in [0.25, 0.3) is 5.89 Å². The number of methoxy groups -OCH3 is 1. The lowest BCUT2D eigenvalue weighted by Gasteiger charge is -2.02. The van der Waals surface area contributed by atoms with Gasteiger partial charge in [-0.25, -0.2) is 4.79 Å². The molecule has 28 heavy (non-hydrogen) atoms. The van der Waals surface area contributed by atoms with Crippen LogP contribution in [0, 0.1) is 18.3 Å². The Balaban J connectivity index is 1.65. The molecule has 0 atom stereocenters. The Morgan fingerprint density at radius 1 is 1.21 bits per heavy atom. The first kappa shape index (κ1) is 18.9. The van der Waals surface area contributed by atoms with Crippen LogP contribution in [0.4, 0.5) is 0 Å². The van der Waals surface area contributed by atoms with Crippen molar-refractivity contribution in [3.05, 3.63) is 71.1 Å². The van der Waals surface area contributed by atoms with E-state index in [1.165, 1.54) is 6.08 Å². The van der Waals surface area contributed by atoms with Crippen molar-refractivity contribution in [3.63, 3.8) is 0 Å². The second-order valence-electron chi connectivity index (χ2n) is 5.89. The summed E-state index contributed by atoms with van der Waals surface area (Å²) >= 11 is 0. The highest BCUT2D eigenvalue weighted by Crippen LogP contribution is 2.19. The molecule has 1 aromatic heterocycles. The molecule has 0 N–H and O–H groups in total. The van der Waals surface area contributed by atoms with E-state index < -0.39 is 5.97 Å². The average Bonchev–Trinajstić information content (AvgIpc) is 3.20. The molecule has 0 unspecified atom stereocenters. The molecule has 0 aliphatic rings. The van der Waals surface area contributed by atoms with Gasteiger partial charge in [-0.3, -0.25) is 0 Å². The van der Waals surface area contributed by atoms with Crippen LogP contribution in [0.3, 0.4) is 0 Å². The maximum absolute atomic E-state index is 12.2. The van der Waals surface area contributed by atoms with E-state index >= 15 is 0 Å². The minimum absolute atomic E-state index is 0.136. The molecule has 3 rings (SSSR count). The monoisotopic (exact) mass is 375 g/mol. The Morgan fingerprint density at radius 3 is 2.68 bits per heavy atom. The number of rotatable bonds is 6. The fraction of sp³-hybridized carbons (Fsp3) is 0.143. The minimum Gasteiger partial charge on any atom is -0.497 e. The first-order valence-corrected chi connectivity index (χ1v) is 8.41. The number of aryl methyl sites for hydroxylation is 1. The number of nitriles is 1. The van der Waals surface area contributed by atoms with E-state index in [9.17, 15) is 10.1 Å². The van der Waals surface area contributed by atoms with Gasteiger partial charge in [-0.15, -0.1) is 10.2 Å². The molecule has 140 valence electrons. The van der Waals surface area contributed by atoms with E-state index in [0.29, 0.717) is 17.2 Å². The number of aromatic nitrogens is 2. The van der Waals surface area contributed by atoms with Crippen molar-refractivity contribution in [2.45, 2.75) is 13.5 Å². The molecule has 2 aromatic carbocycles. The first-order chi connectivity index (χ1) is 13.6. The van der Waals surface area contributed by atoms with E-state index in [4.69, 9.17) is 13.9 Å². The molecule has 7 heteroatoms. The minimum atomic E-state index is -0.770. The Labute approximate surface area is 161 Å². The zero-order valence-corrected chi connectivity index (χ0v) is 15.4. The van der Waals surface area contributed by atoms with Gasteiger partial charge in [-0.1, -0.05) is 29.8 Å². The summed E-state index contributed by atoms with van der Waals surface area (Å²) in [4.78, 5) is 12.2. The number of esters is 1. The fourth-order valence-electron chi connectivity index (χ4n) is 2.42. The zero-order chi connectivity index (χ0) is 19.9. The number of hydrogen-bond acceptors (Lipinski definition) is 7. The van der Waals surface area contributed by atoms with Crippen LogP contribution in [0.1, 0.15) is 17.0 Å². The fourth-order valence-corrected chi connectivity index (χ4v) is 2.42. The molecule has 0 bridgehead atoms. The number of carbonyl (C=O) groups excluding carboxylic acids is 1. The van der Waals surface area contributed by atoms with Crippen molar-refractivity contribution in [1.29, 1.82) is 5.26 Å². The van der Waals surface area contributed by atoms with E-state index in [1.807, 2.05) is 37.3 Å². The van der Waals surface area contributed by atoms with Gasteiger partial charge in [-0.2, -0.15) is 5.26 Å². The number of nitrogens with zero attached hydrogens (tertiary/aromatic N) is 3. The predicted octanol–water partition coefficient (Wildman–Crippen LogP) is 3.70. The lowest BCUT2D eigenvalue weighted by atomic mass is 10.1. The van der Waals surface area contributed by atoms with Crippen LogP contribution in [0.5, 0.6) is 5.75 Å². The van der Waals surface area contributed by atoms with E-state index in [-0.39, 0.29) is 18.1 Å². The van der Waals surface area contributed by atoms with Gasteiger partial charge in [0.1, 0.15) is 17.4 Å². The molecule has 1 heterocycles. The smallest absolute Gasteiger partial charge is 0.349 e. The number of hydrogen-bond donors (Lipinski definition) is 0. The van der Waals surface area contributed by atoms with Gasteiger partial charge >= 0.3 is 5.97 Å². The molecular weight excluding hydrogens is 358 g/mol. The average molecular weight is 375 g/mol. The van der Waals surface area contributed by atoms with Crippen molar-refractivity contribution < 1.29 is 18.7 Å². The maximum atomic E-state index is 12.2. The quantitative estimate of drug-likeness (QED) is 0.368. The summed E-state index contributed by atoms with van der Waals surface area (Å²) in [6, 6.07) is 16.4. The second kappa shape index (κ2) is 8.64. The lowest BCUT2D eigenvalue weighted by molar-refractivity contribution is -0.140. The Morgan fingerprint density at radius 2 is 2.00 bits per heavy atom. The maximum Gasteiger partial charge on any atom is 0.349 e. The number of ether oxygens (including phenoxy) is 2. The van der Waals surface area contributed by atoms with Gasteiger partial charge in [-0.05, 0) is 42.8 Å². The van der Waals surface area contributed by atoms with Crippen LogP contribution in [0.15, 0.2) is 58.5 Å². The van der Waals surface area contributed by atoms with Gasteiger partial charge in [0.05, 0.1) is 7.11 Å². The van der Waals surface area contributed by atoms with Crippen molar-refractivity contribution in [3.8, 4) is 23.3 Å². The first-order valence-electron chi connectivity index (χ1n) is 8.41. The second-order valence-corrected chi connectivity index (χ2v) is 5.89. The van der Waals surface area contributed by atoms with E-state index in [1.54, 1.807) is 31.4 Å². The highest BCUT2D eigenvalue weighted by Gasteiger charge is 2.14. The van der Waals surface area contributed by atoms with Gasteiger partial charge in [0.15, 0.2) is 6.61 Å². The van der Waals surface area contributed by atoms with Gasteiger partial charge < -0.3 is 13.9 Å². The lowest BCUT2D eigenvalue weighted by Crippen LogP contribution is -2.07.